The van der Waals surface area contributed by atoms with Crippen LogP contribution in [0.25, 0.3) is 0 Å². The predicted molar refractivity (Wildman–Crippen MR) is 44.4 cm³/mol. The highest BCUT2D eigenvalue weighted by molar-refractivity contribution is 5.75. The summed E-state index contributed by atoms with van der Waals surface area (Å²) in [6.45, 7) is 4.26. The molecule has 0 aliphatic rings. The number of nitrogens with zero attached hydrogens (tertiary/aromatic N) is 1. The van der Waals surface area contributed by atoms with Gasteiger partial charge < -0.3 is 4.74 Å². The average molecular weight is 159 g/mol. The smallest absolute Gasteiger partial charge is 0.323 e. The van der Waals surface area contributed by atoms with E-state index >= 15 is 0 Å². The first-order valence-corrected chi connectivity index (χ1v) is 3.96. The minimum absolute atomic E-state index is 0.0880. The molecule has 1 atom stereocenters. The molecular formula is C8H17NO2. The van der Waals surface area contributed by atoms with Gasteiger partial charge in [-0.1, -0.05) is 6.92 Å². The summed E-state index contributed by atoms with van der Waals surface area (Å²) in [5.74, 6) is -0.125. The van der Waals surface area contributed by atoms with Gasteiger partial charge >= 0.3 is 5.97 Å². The topological polar surface area (TPSA) is 29.5 Å². The highest BCUT2D eigenvalue weighted by atomic mass is 16.5. The van der Waals surface area contributed by atoms with Crippen molar-refractivity contribution in [2.24, 2.45) is 0 Å². The van der Waals surface area contributed by atoms with Crippen LogP contribution in [0.15, 0.2) is 0 Å². The number of ether oxygens (including phenoxy) is 1. The molecule has 0 aromatic rings. The molecule has 0 radical (unpaired) electrons. The van der Waals surface area contributed by atoms with Crippen LogP contribution in [0.5, 0.6) is 0 Å². The SMILES string of the molecule is CCOC(=O)[C@H](CC)N(C)C. The number of hydrogen-bond donors (Lipinski definition) is 0. The first-order chi connectivity index (χ1) is 5.13. The predicted octanol–water partition coefficient (Wildman–Crippen LogP) is 0.890. The molecular weight excluding hydrogens is 142 g/mol. The number of rotatable bonds is 4. The van der Waals surface area contributed by atoms with Crippen molar-refractivity contribution in [1.29, 1.82) is 0 Å². The van der Waals surface area contributed by atoms with Crippen LogP contribution in [-0.2, 0) is 9.53 Å². The summed E-state index contributed by atoms with van der Waals surface area (Å²) in [6.07, 6.45) is 0.797. The van der Waals surface area contributed by atoms with Gasteiger partial charge in [0.1, 0.15) is 6.04 Å². The van der Waals surface area contributed by atoms with Gasteiger partial charge in [0.05, 0.1) is 6.61 Å². The van der Waals surface area contributed by atoms with E-state index in [2.05, 4.69) is 0 Å². The van der Waals surface area contributed by atoms with E-state index in [1.807, 2.05) is 32.8 Å². The number of hydrogen-bond acceptors (Lipinski definition) is 3. The van der Waals surface area contributed by atoms with Gasteiger partial charge in [-0.2, -0.15) is 0 Å². The van der Waals surface area contributed by atoms with Crippen molar-refractivity contribution >= 4 is 5.97 Å². The fourth-order valence-electron chi connectivity index (χ4n) is 0.981. The van der Waals surface area contributed by atoms with E-state index in [1.165, 1.54) is 0 Å². The molecule has 66 valence electrons. The maximum absolute atomic E-state index is 11.2. The van der Waals surface area contributed by atoms with Gasteiger partial charge in [-0.25, -0.2) is 0 Å². The minimum atomic E-state index is -0.125. The highest BCUT2D eigenvalue weighted by Gasteiger charge is 2.18. The maximum atomic E-state index is 11.2. The Labute approximate surface area is 68.3 Å². The van der Waals surface area contributed by atoms with Crippen LogP contribution in [0, 0.1) is 0 Å². The first kappa shape index (κ1) is 10.4. The Hall–Kier alpha value is -0.570. The summed E-state index contributed by atoms with van der Waals surface area (Å²) in [4.78, 5) is 13.0. The zero-order valence-corrected chi connectivity index (χ0v) is 7.76. The van der Waals surface area contributed by atoms with Gasteiger partial charge in [0.25, 0.3) is 0 Å². The summed E-state index contributed by atoms with van der Waals surface area (Å²) in [7, 11) is 3.76. The van der Waals surface area contributed by atoms with Crippen molar-refractivity contribution in [2.45, 2.75) is 26.3 Å². The Morgan fingerprint density at radius 2 is 2.00 bits per heavy atom. The third-order valence-electron chi connectivity index (χ3n) is 1.57. The van der Waals surface area contributed by atoms with Gasteiger partial charge in [-0.15, -0.1) is 0 Å². The zero-order chi connectivity index (χ0) is 8.85. The zero-order valence-electron chi connectivity index (χ0n) is 7.76. The van der Waals surface area contributed by atoms with Crippen LogP contribution in [-0.4, -0.2) is 37.6 Å². The molecule has 0 bridgehead atoms. The molecule has 0 unspecified atom stereocenters. The monoisotopic (exact) mass is 159 g/mol. The summed E-state index contributed by atoms with van der Waals surface area (Å²) >= 11 is 0. The van der Waals surface area contributed by atoms with Gasteiger partial charge in [0, 0.05) is 0 Å². The Morgan fingerprint density at radius 1 is 1.45 bits per heavy atom. The maximum Gasteiger partial charge on any atom is 0.323 e. The third kappa shape index (κ3) is 3.37. The van der Waals surface area contributed by atoms with Crippen molar-refractivity contribution in [2.75, 3.05) is 20.7 Å². The van der Waals surface area contributed by atoms with Gasteiger partial charge in [0.2, 0.25) is 0 Å². The molecule has 0 N–H and O–H groups in total. The second kappa shape index (κ2) is 5.13. The van der Waals surface area contributed by atoms with E-state index < -0.39 is 0 Å². The standard InChI is InChI=1S/C8H17NO2/c1-5-7(9(3)4)8(10)11-6-2/h7H,5-6H2,1-4H3/t7-/m0/s1. The molecule has 0 heterocycles. The van der Waals surface area contributed by atoms with Crippen LogP contribution in [0.4, 0.5) is 0 Å². The minimum Gasteiger partial charge on any atom is -0.465 e. The van der Waals surface area contributed by atoms with Gasteiger partial charge in [-0.05, 0) is 27.4 Å². The number of carbonyl (C=O) groups is 1. The first-order valence-electron chi connectivity index (χ1n) is 3.96. The van der Waals surface area contributed by atoms with Crippen LogP contribution in [0.3, 0.4) is 0 Å². The van der Waals surface area contributed by atoms with Crippen molar-refractivity contribution < 1.29 is 9.53 Å². The van der Waals surface area contributed by atoms with Crippen molar-refractivity contribution in [3.63, 3.8) is 0 Å². The molecule has 3 nitrogen and oxygen atoms in total. The molecule has 0 rings (SSSR count). The lowest BCUT2D eigenvalue weighted by Crippen LogP contribution is -2.36. The van der Waals surface area contributed by atoms with Crippen molar-refractivity contribution in [1.82, 2.24) is 4.90 Å². The fraction of sp³-hybridized carbons (Fsp3) is 0.875. The molecule has 3 heteroatoms. The molecule has 0 spiro atoms. The second-order valence-electron chi connectivity index (χ2n) is 2.64. The highest BCUT2D eigenvalue weighted by Crippen LogP contribution is 2.00. The normalized spacial score (nSPS) is 13.2. The Bertz CT molecular complexity index is 123. The van der Waals surface area contributed by atoms with Gasteiger partial charge in [0.15, 0.2) is 0 Å². The Morgan fingerprint density at radius 3 is 2.27 bits per heavy atom. The van der Waals surface area contributed by atoms with Crippen LogP contribution in [0.2, 0.25) is 0 Å². The molecule has 0 aliphatic heterocycles. The summed E-state index contributed by atoms with van der Waals surface area (Å²) in [5.41, 5.74) is 0. The molecule has 0 amide bonds. The second-order valence-corrected chi connectivity index (χ2v) is 2.64. The van der Waals surface area contributed by atoms with Crippen LogP contribution >= 0.6 is 0 Å². The molecule has 11 heavy (non-hydrogen) atoms. The summed E-state index contributed by atoms with van der Waals surface area (Å²) in [6, 6.07) is -0.0880. The van der Waals surface area contributed by atoms with Crippen LogP contribution in [0.1, 0.15) is 20.3 Å². The Kier molecular flexibility index (Phi) is 4.86. The summed E-state index contributed by atoms with van der Waals surface area (Å²) < 4.78 is 4.88. The van der Waals surface area contributed by atoms with E-state index in [-0.39, 0.29) is 12.0 Å². The molecule has 0 fully saturated rings. The molecule has 0 saturated carbocycles. The number of carbonyl (C=O) groups excluding carboxylic acids is 1. The van der Waals surface area contributed by atoms with E-state index in [4.69, 9.17) is 4.74 Å². The average Bonchev–Trinajstić information content (AvgIpc) is 1.88. The lowest BCUT2D eigenvalue weighted by molar-refractivity contribution is -0.148. The summed E-state index contributed by atoms with van der Waals surface area (Å²) in [5, 5.41) is 0. The lowest BCUT2D eigenvalue weighted by Gasteiger charge is -2.20. The van der Waals surface area contributed by atoms with E-state index in [0.29, 0.717) is 6.61 Å². The van der Waals surface area contributed by atoms with Gasteiger partial charge in [-0.3, -0.25) is 9.69 Å². The lowest BCUT2D eigenvalue weighted by atomic mass is 10.2. The van der Waals surface area contributed by atoms with E-state index in [1.54, 1.807) is 0 Å². The molecule has 0 aromatic carbocycles. The molecule has 0 aromatic heterocycles. The van der Waals surface area contributed by atoms with Crippen LogP contribution < -0.4 is 0 Å². The largest absolute Gasteiger partial charge is 0.465 e. The van der Waals surface area contributed by atoms with Crippen molar-refractivity contribution in [3.8, 4) is 0 Å². The fourth-order valence-corrected chi connectivity index (χ4v) is 0.981. The third-order valence-corrected chi connectivity index (χ3v) is 1.57. The quantitative estimate of drug-likeness (QED) is 0.570. The molecule has 0 aliphatic carbocycles. The molecule has 0 saturated heterocycles. The Balaban J connectivity index is 3.92. The van der Waals surface area contributed by atoms with Crippen molar-refractivity contribution in [3.05, 3.63) is 0 Å². The number of esters is 1. The van der Waals surface area contributed by atoms with E-state index in [9.17, 15) is 4.79 Å². The van der Waals surface area contributed by atoms with E-state index in [0.717, 1.165) is 6.42 Å². The number of likely N-dealkylation sites (N-methyl/N-ethyl adjacent to an activating group) is 1.